The van der Waals surface area contributed by atoms with Crippen LogP contribution in [0, 0.1) is 6.92 Å². The number of aryl methyl sites for hydroxylation is 1. The smallest absolute Gasteiger partial charge is 0.193 e. The molecule has 2 fully saturated rings. The summed E-state index contributed by atoms with van der Waals surface area (Å²) in [6.45, 7) is 9.52. The van der Waals surface area contributed by atoms with Crippen LogP contribution < -0.4 is 10.2 Å². The molecule has 0 saturated carbocycles. The van der Waals surface area contributed by atoms with Gasteiger partial charge in [-0.05, 0) is 31.7 Å². The number of nitrogens with one attached hydrogen (secondary N) is 1. The Morgan fingerprint density at radius 3 is 2.67 bits per heavy atom. The molecule has 152 valence electrons. The van der Waals surface area contributed by atoms with Gasteiger partial charge in [-0.3, -0.25) is 4.99 Å². The lowest BCUT2D eigenvalue weighted by Gasteiger charge is -2.39. The van der Waals surface area contributed by atoms with Crippen LogP contribution >= 0.6 is 35.6 Å². The Bertz CT molecular complexity index is 637. The molecule has 6 nitrogen and oxygen atoms in total. The number of morpholine rings is 1. The molecule has 1 unspecified atom stereocenters. The molecule has 2 aliphatic heterocycles. The van der Waals surface area contributed by atoms with Gasteiger partial charge in [0.05, 0.1) is 12.7 Å². The Balaban J connectivity index is 0.00000261. The second-order valence-corrected chi connectivity index (χ2v) is 7.52. The van der Waals surface area contributed by atoms with Crippen molar-refractivity contribution in [3.05, 3.63) is 28.8 Å². The molecule has 2 heterocycles. The van der Waals surface area contributed by atoms with E-state index >= 15 is 0 Å². The summed E-state index contributed by atoms with van der Waals surface area (Å²) in [7, 11) is 3.99. The number of piperazine rings is 1. The van der Waals surface area contributed by atoms with Crippen molar-refractivity contribution in [1.29, 1.82) is 0 Å². The number of hydrogen-bond acceptors (Lipinski definition) is 4. The molecule has 27 heavy (non-hydrogen) atoms. The number of aliphatic imine (C=N–C) groups is 1. The number of likely N-dealkylation sites (N-methyl/N-ethyl adjacent to an activating group) is 1. The number of guanidine groups is 1. The molecular weight excluding hydrogens is 477 g/mol. The molecule has 0 bridgehead atoms. The van der Waals surface area contributed by atoms with Gasteiger partial charge in [0.15, 0.2) is 5.96 Å². The summed E-state index contributed by atoms with van der Waals surface area (Å²) in [5.41, 5.74) is 2.50. The zero-order valence-electron chi connectivity index (χ0n) is 16.4. The first kappa shape index (κ1) is 22.5. The molecule has 0 aromatic heterocycles. The van der Waals surface area contributed by atoms with Crippen LogP contribution in [0.4, 0.5) is 5.69 Å². The molecule has 1 N–H and O–H groups in total. The summed E-state index contributed by atoms with van der Waals surface area (Å²) < 4.78 is 5.83. The highest BCUT2D eigenvalue weighted by Gasteiger charge is 2.23. The fourth-order valence-corrected chi connectivity index (χ4v) is 3.78. The quantitative estimate of drug-likeness (QED) is 0.386. The number of anilines is 1. The van der Waals surface area contributed by atoms with E-state index in [0.717, 1.165) is 63.4 Å². The average molecular weight is 508 g/mol. The van der Waals surface area contributed by atoms with Crippen LogP contribution in [0.15, 0.2) is 23.2 Å². The van der Waals surface area contributed by atoms with Gasteiger partial charge in [-0.1, -0.05) is 17.7 Å². The first-order valence-corrected chi connectivity index (χ1v) is 9.71. The van der Waals surface area contributed by atoms with E-state index in [0.29, 0.717) is 0 Å². The van der Waals surface area contributed by atoms with E-state index < -0.39 is 0 Å². The lowest BCUT2D eigenvalue weighted by Crippen LogP contribution is -2.54. The first-order chi connectivity index (χ1) is 12.6. The normalized spacial score (nSPS) is 21.8. The highest BCUT2D eigenvalue weighted by atomic mass is 127. The molecule has 1 aromatic carbocycles. The Morgan fingerprint density at radius 1 is 1.26 bits per heavy atom. The maximum absolute atomic E-state index is 6.18. The Kier molecular flexibility index (Phi) is 8.91. The second-order valence-electron chi connectivity index (χ2n) is 7.09. The highest BCUT2D eigenvalue weighted by Crippen LogP contribution is 2.25. The maximum atomic E-state index is 6.18. The predicted octanol–water partition coefficient (Wildman–Crippen LogP) is 2.29. The fourth-order valence-electron chi connectivity index (χ4n) is 3.61. The maximum Gasteiger partial charge on any atom is 0.193 e. The third kappa shape index (κ3) is 6.10. The van der Waals surface area contributed by atoms with E-state index in [-0.39, 0.29) is 30.1 Å². The number of halogens is 2. The SMILES string of the molecule is CN=C(NCC1CN(C)CCO1)N1CCN(c2cc(Cl)ccc2C)CC1.I. The molecule has 1 aromatic rings. The van der Waals surface area contributed by atoms with E-state index in [1.807, 2.05) is 13.1 Å². The zero-order valence-corrected chi connectivity index (χ0v) is 19.5. The summed E-state index contributed by atoms with van der Waals surface area (Å²) in [5.74, 6) is 0.962. The van der Waals surface area contributed by atoms with Gasteiger partial charge in [-0.15, -0.1) is 24.0 Å². The molecule has 0 aliphatic carbocycles. The van der Waals surface area contributed by atoms with Crippen LogP contribution in [-0.4, -0.2) is 88.4 Å². The van der Waals surface area contributed by atoms with Crippen LogP contribution in [0.3, 0.4) is 0 Å². The van der Waals surface area contributed by atoms with Crippen molar-refractivity contribution in [2.24, 2.45) is 4.99 Å². The number of nitrogens with zero attached hydrogens (tertiary/aromatic N) is 4. The number of hydrogen-bond donors (Lipinski definition) is 1. The Labute approximate surface area is 184 Å². The Hall–Kier alpha value is -0.770. The zero-order chi connectivity index (χ0) is 18.5. The lowest BCUT2D eigenvalue weighted by atomic mass is 10.1. The number of ether oxygens (including phenoxy) is 1. The summed E-state index contributed by atoms with van der Waals surface area (Å²) >= 11 is 6.18. The summed E-state index contributed by atoms with van der Waals surface area (Å²) in [4.78, 5) is 11.5. The van der Waals surface area contributed by atoms with Gasteiger partial charge in [-0.2, -0.15) is 0 Å². The minimum atomic E-state index is 0. The summed E-state index contributed by atoms with van der Waals surface area (Å²) in [6.07, 6.45) is 0.223. The molecule has 1 atom stereocenters. The van der Waals surface area contributed by atoms with Crippen molar-refractivity contribution in [3.63, 3.8) is 0 Å². The number of rotatable bonds is 3. The van der Waals surface area contributed by atoms with E-state index in [1.165, 1.54) is 11.3 Å². The largest absolute Gasteiger partial charge is 0.374 e. The van der Waals surface area contributed by atoms with Gasteiger partial charge in [-0.25, -0.2) is 0 Å². The topological polar surface area (TPSA) is 43.3 Å². The van der Waals surface area contributed by atoms with Crippen LogP contribution in [0.2, 0.25) is 5.02 Å². The third-order valence-corrected chi connectivity index (χ3v) is 5.37. The fraction of sp³-hybridized carbons (Fsp3) is 0.632. The Morgan fingerprint density at radius 2 is 2.00 bits per heavy atom. The summed E-state index contributed by atoms with van der Waals surface area (Å²) in [5, 5.41) is 4.28. The van der Waals surface area contributed by atoms with E-state index in [9.17, 15) is 0 Å². The van der Waals surface area contributed by atoms with Gasteiger partial charge in [0.25, 0.3) is 0 Å². The molecule has 0 radical (unpaired) electrons. The van der Waals surface area contributed by atoms with Gasteiger partial charge in [0.1, 0.15) is 0 Å². The monoisotopic (exact) mass is 507 g/mol. The lowest BCUT2D eigenvalue weighted by molar-refractivity contribution is -0.0163. The van der Waals surface area contributed by atoms with Crippen molar-refractivity contribution in [2.45, 2.75) is 13.0 Å². The van der Waals surface area contributed by atoms with Crippen molar-refractivity contribution in [2.75, 3.05) is 71.4 Å². The van der Waals surface area contributed by atoms with Gasteiger partial charge in [0, 0.05) is 63.6 Å². The average Bonchev–Trinajstić information content (AvgIpc) is 2.65. The van der Waals surface area contributed by atoms with E-state index in [2.05, 4.69) is 51.1 Å². The van der Waals surface area contributed by atoms with Crippen LogP contribution in [0.5, 0.6) is 0 Å². The van der Waals surface area contributed by atoms with Crippen molar-refractivity contribution in [1.82, 2.24) is 15.1 Å². The van der Waals surface area contributed by atoms with Crippen LogP contribution in [0.1, 0.15) is 5.56 Å². The third-order valence-electron chi connectivity index (χ3n) is 5.13. The minimum Gasteiger partial charge on any atom is -0.374 e. The molecule has 8 heteroatoms. The molecule has 2 saturated heterocycles. The van der Waals surface area contributed by atoms with Crippen LogP contribution in [0.25, 0.3) is 0 Å². The van der Waals surface area contributed by atoms with Crippen molar-refractivity contribution in [3.8, 4) is 0 Å². The van der Waals surface area contributed by atoms with Crippen LogP contribution in [-0.2, 0) is 4.74 Å². The minimum absolute atomic E-state index is 0. The summed E-state index contributed by atoms with van der Waals surface area (Å²) in [6, 6.07) is 6.11. The predicted molar refractivity (Wildman–Crippen MR) is 124 cm³/mol. The van der Waals surface area contributed by atoms with E-state index in [1.54, 1.807) is 0 Å². The molecular formula is C19H31ClIN5O. The number of benzene rings is 1. The molecule has 0 spiro atoms. The van der Waals surface area contributed by atoms with Gasteiger partial charge < -0.3 is 24.8 Å². The molecule has 3 rings (SSSR count). The van der Waals surface area contributed by atoms with E-state index in [4.69, 9.17) is 16.3 Å². The van der Waals surface area contributed by atoms with Gasteiger partial charge in [0.2, 0.25) is 0 Å². The molecule has 0 amide bonds. The van der Waals surface area contributed by atoms with Crippen molar-refractivity contribution >= 4 is 47.2 Å². The van der Waals surface area contributed by atoms with Crippen molar-refractivity contribution < 1.29 is 4.74 Å². The van der Waals surface area contributed by atoms with Gasteiger partial charge >= 0.3 is 0 Å². The standard InChI is InChI=1S/C19H30ClN5O.HI/c1-15-4-5-16(20)12-18(15)24-6-8-25(9-7-24)19(21-2)22-13-17-14-23(3)10-11-26-17;/h4-5,12,17H,6-11,13-14H2,1-3H3,(H,21,22);1H. The first-order valence-electron chi connectivity index (χ1n) is 9.33. The molecule has 2 aliphatic rings. The highest BCUT2D eigenvalue weighted by molar-refractivity contribution is 14.0. The second kappa shape index (κ2) is 10.7.